The first-order valence-electron chi connectivity index (χ1n) is 19.7. The Morgan fingerprint density at radius 1 is 0.518 bits per heavy atom. The highest BCUT2D eigenvalue weighted by Crippen LogP contribution is 2.42. The summed E-state index contributed by atoms with van der Waals surface area (Å²) in [6.07, 6.45) is 5.16. The monoisotopic (exact) mass is 743 g/mol. The molecular formula is C52H49N3Si. The Morgan fingerprint density at radius 3 is 1.62 bits per heavy atom. The molecule has 0 N–H and O–H groups in total. The number of hydrogen-bond donors (Lipinski definition) is 0. The van der Waals surface area contributed by atoms with E-state index in [1.165, 1.54) is 43.8 Å². The van der Waals surface area contributed by atoms with E-state index in [2.05, 4.69) is 209 Å². The minimum absolute atomic E-state index is 0.553. The maximum absolute atomic E-state index is 5.14. The van der Waals surface area contributed by atoms with Gasteiger partial charge >= 0.3 is 0 Å². The Balaban J connectivity index is 1.30. The number of rotatable bonds is 10. The predicted molar refractivity (Wildman–Crippen MR) is 242 cm³/mol. The molecule has 6 aromatic carbocycles. The van der Waals surface area contributed by atoms with Gasteiger partial charge in [-0.15, -0.1) is 0 Å². The Morgan fingerprint density at radius 2 is 1.04 bits per heavy atom. The topological polar surface area (TPSA) is 29.0 Å². The minimum atomic E-state index is -1.68. The highest BCUT2D eigenvalue weighted by atomic mass is 28.3. The van der Waals surface area contributed by atoms with E-state index in [1.807, 2.05) is 6.20 Å². The largest absolute Gasteiger partial charge is 0.310 e. The second kappa shape index (κ2) is 15.6. The third-order valence-electron chi connectivity index (χ3n) is 10.6. The van der Waals surface area contributed by atoms with Crippen molar-refractivity contribution in [3.05, 3.63) is 181 Å². The molecule has 56 heavy (non-hydrogen) atoms. The van der Waals surface area contributed by atoms with E-state index in [-0.39, 0.29) is 0 Å². The van der Waals surface area contributed by atoms with Gasteiger partial charge in [-0.1, -0.05) is 149 Å². The van der Waals surface area contributed by atoms with Gasteiger partial charge in [0.25, 0.3) is 0 Å². The second-order valence-corrected chi connectivity index (χ2v) is 21.3. The molecule has 0 unspecified atom stereocenters. The van der Waals surface area contributed by atoms with Crippen LogP contribution in [0.25, 0.3) is 55.5 Å². The van der Waals surface area contributed by atoms with Crippen molar-refractivity contribution in [2.45, 2.75) is 46.8 Å². The Bertz CT molecular complexity index is 2640. The summed E-state index contributed by atoms with van der Waals surface area (Å²) in [5.74, 6) is 0.553. The summed E-state index contributed by atoms with van der Waals surface area (Å²) in [4.78, 5) is 12.5. The third-order valence-corrected chi connectivity index (χ3v) is 12.7. The summed E-state index contributed by atoms with van der Waals surface area (Å²) in [6, 6.07) is 57.1. The lowest BCUT2D eigenvalue weighted by molar-refractivity contribution is 0.650. The Kier molecular flexibility index (Phi) is 10.2. The standard InChI is InChI=1S/C52H49N3Si/c1-36(2)29-40-27-28-51(46-26-14-13-25-45(40)46)55(43-23-15-21-41(30-43)49-32-47(37(3)34-53-49)38-17-9-7-10-18-38)44-24-16-22-42(31-44)50-33-48(39-19-11-8-12-20-39)52(35-54-50)56(4,5)6/h7-28,30-36H,29H2,1-6H3. The van der Waals surface area contributed by atoms with Crippen LogP contribution in [0, 0.1) is 12.8 Å². The average molecular weight is 744 g/mol. The first-order chi connectivity index (χ1) is 27.1. The predicted octanol–water partition coefficient (Wildman–Crippen LogP) is 13.8. The van der Waals surface area contributed by atoms with Gasteiger partial charge in [-0.3, -0.25) is 9.97 Å². The normalized spacial score (nSPS) is 11.6. The molecule has 4 heteroatoms. The van der Waals surface area contributed by atoms with Gasteiger partial charge in [0, 0.05) is 40.3 Å². The summed E-state index contributed by atoms with van der Waals surface area (Å²) < 4.78 is 0. The van der Waals surface area contributed by atoms with Crippen molar-refractivity contribution in [3.8, 4) is 44.8 Å². The third kappa shape index (κ3) is 7.58. The zero-order valence-corrected chi connectivity index (χ0v) is 34.3. The molecular weight excluding hydrogens is 695 g/mol. The number of nitrogens with zero attached hydrogens (tertiary/aromatic N) is 3. The van der Waals surface area contributed by atoms with E-state index in [0.29, 0.717) is 5.92 Å². The van der Waals surface area contributed by atoms with Gasteiger partial charge in [-0.05, 0) is 106 Å². The lowest BCUT2D eigenvalue weighted by Crippen LogP contribution is -2.39. The fourth-order valence-electron chi connectivity index (χ4n) is 7.87. The molecule has 0 amide bonds. The smallest absolute Gasteiger partial charge is 0.0804 e. The fraction of sp³-hybridized carbons (Fsp3) is 0.154. The van der Waals surface area contributed by atoms with Crippen molar-refractivity contribution in [1.82, 2.24) is 9.97 Å². The number of pyridine rings is 2. The summed E-state index contributed by atoms with van der Waals surface area (Å²) in [7, 11) is -1.68. The van der Waals surface area contributed by atoms with E-state index >= 15 is 0 Å². The van der Waals surface area contributed by atoms with Crippen LogP contribution in [0.1, 0.15) is 25.0 Å². The van der Waals surface area contributed by atoms with Crippen molar-refractivity contribution in [2.24, 2.45) is 5.92 Å². The molecule has 0 aliphatic rings. The van der Waals surface area contributed by atoms with Crippen LogP contribution in [0.5, 0.6) is 0 Å². The van der Waals surface area contributed by atoms with Crippen LogP contribution in [0.3, 0.4) is 0 Å². The summed E-state index contributed by atoms with van der Waals surface area (Å²) in [5.41, 5.74) is 14.8. The van der Waals surface area contributed by atoms with Crippen molar-refractivity contribution in [3.63, 3.8) is 0 Å². The molecule has 0 atom stereocenters. The molecule has 0 saturated carbocycles. The number of aromatic nitrogens is 2. The SMILES string of the molecule is Cc1cnc(-c2cccc(N(c3cccc(-c4cc(-c5ccccc5)c([Si](C)(C)C)cn4)c3)c3ccc(CC(C)C)c4ccccc34)c2)cc1-c1ccccc1. The van der Waals surface area contributed by atoms with Gasteiger partial charge in [0.2, 0.25) is 0 Å². The fourth-order valence-corrected chi connectivity index (χ4v) is 9.35. The molecule has 0 saturated heterocycles. The first-order valence-corrected chi connectivity index (χ1v) is 23.2. The van der Waals surface area contributed by atoms with Gasteiger partial charge in [0.15, 0.2) is 0 Å². The van der Waals surface area contributed by atoms with Crippen LogP contribution in [0.4, 0.5) is 17.1 Å². The van der Waals surface area contributed by atoms with E-state index in [4.69, 9.17) is 9.97 Å². The number of hydrogen-bond acceptors (Lipinski definition) is 3. The number of benzene rings is 6. The molecule has 3 nitrogen and oxygen atoms in total. The first kappa shape index (κ1) is 36.9. The van der Waals surface area contributed by atoms with Gasteiger partial charge in [-0.2, -0.15) is 0 Å². The average Bonchev–Trinajstić information content (AvgIpc) is 3.22. The lowest BCUT2D eigenvalue weighted by Gasteiger charge is -2.28. The quantitative estimate of drug-likeness (QED) is 0.131. The Labute approximate surface area is 333 Å². The molecule has 8 aromatic rings. The zero-order valence-electron chi connectivity index (χ0n) is 33.3. The van der Waals surface area contributed by atoms with Crippen molar-refractivity contribution in [2.75, 3.05) is 4.90 Å². The number of aryl methyl sites for hydroxylation is 1. The summed E-state index contributed by atoms with van der Waals surface area (Å²) in [5, 5.41) is 3.89. The van der Waals surface area contributed by atoms with Crippen LogP contribution >= 0.6 is 0 Å². The second-order valence-electron chi connectivity index (χ2n) is 16.3. The molecule has 0 aliphatic carbocycles. The van der Waals surface area contributed by atoms with E-state index in [0.717, 1.165) is 51.6 Å². The van der Waals surface area contributed by atoms with Crippen molar-refractivity contribution >= 4 is 41.1 Å². The molecule has 0 spiro atoms. The molecule has 276 valence electrons. The summed E-state index contributed by atoms with van der Waals surface area (Å²) >= 11 is 0. The van der Waals surface area contributed by atoms with Gasteiger partial charge in [0.05, 0.1) is 25.1 Å². The van der Waals surface area contributed by atoms with Crippen LogP contribution in [-0.2, 0) is 6.42 Å². The van der Waals surface area contributed by atoms with Crippen molar-refractivity contribution < 1.29 is 0 Å². The lowest BCUT2D eigenvalue weighted by atomic mass is 9.95. The van der Waals surface area contributed by atoms with Crippen molar-refractivity contribution in [1.29, 1.82) is 0 Å². The van der Waals surface area contributed by atoms with E-state index < -0.39 is 8.07 Å². The molecule has 0 radical (unpaired) electrons. The zero-order chi connectivity index (χ0) is 38.8. The van der Waals surface area contributed by atoms with Crippen LogP contribution < -0.4 is 10.1 Å². The molecule has 2 aromatic heterocycles. The van der Waals surface area contributed by atoms with Gasteiger partial charge in [0.1, 0.15) is 0 Å². The molecule has 2 heterocycles. The molecule has 0 aliphatic heterocycles. The van der Waals surface area contributed by atoms with Gasteiger partial charge in [-0.25, -0.2) is 0 Å². The summed E-state index contributed by atoms with van der Waals surface area (Å²) in [6.45, 7) is 13.9. The molecule has 0 bridgehead atoms. The Hall–Kier alpha value is -6.10. The van der Waals surface area contributed by atoms with E-state index in [1.54, 1.807) is 0 Å². The van der Waals surface area contributed by atoms with Crippen LogP contribution in [0.2, 0.25) is 19.6 Å². The highest BCUT2D eigenvalue weighted by molar-refractivity contribution is 6.89. The molecule has 8 rings (SSSR count). The van der Waals surface area contributed by atoms with Gasteiger partial charge < -0.3 is 4.90 Å². The number of fused-ring (bicyclic) bond motifs is 1. The van der Waals surface area contributed by atoms with Crippen LogP contribution in [0.15, 0.2) is 170 Å². The molecule has 0 fully saturated rings. The highest BCUT2D eigenvalue weighted by Gasteiger charge is 2.23. The van der Waals surface area contributed by atoms with E-state index in [9.17, 15) is 0 Å². The van der Waals surface area contributed by atoms with Crippen LogP contribution in [-0.4, -0.2) is 18.0 Å². The maximum Gasteiger partial charge on any atom is 0.0804 e. The number of anilines is 3. The minimum Gasteiger partial charge on any atom is -0.310 e. The maximum atomic E-state index is 5.14.